The second kappa shape index (κ2) is 4.33. The number of carbonyl (C=O) groups is 1. The third-order valence-electron chi connectivity index (χ3n) is 1.98. The lowest BCUT2D eigenvalue weighted by Crippen LogP contribution is -2.08. The summed E-state index contributed by atoms with van der Waals surface area (Å²) in [5.41, 5.74) is -0.0447. The summed E-state index contributed by atoms with van der Waals surface area (Å²) in [5.74, 6) is -1.46. The molecule has 5 nitrogen and oxygen atoms in total. The number of nitro benzene ring substituents is 1. The van der Waals surface area contributed by atoms with Crippen LogP contribution in [0.4, 0.5) is 5.69 Å². The van der Waals surface area contributed by atoms with Gasteiger partial charge in [-0.2, -0.15) is 5.26 Å². The number of benzene rings is 1. The highest BCUT2D eigenvalue weighted by Crippen LogP contribution is 2.26. The van der Waals surface area contributed by atoms with Crippen molar-refractivity contribution in [2.45, 2.75) is 12.8 Å². The maximum Gasteiger partial charge on any atom is 0.274 e. The molecular formula is C10H8N2O3. The maximum atomic E-state index is 11.1. The highest BCUT2D eigenvalue weighted by molar-refractivity contribution is 5.87. The van der Waals surface area contributed by atoms with Crippen molar-refractivity contribution < 1.29 is 9.72 Å². The summed E-state index contributed by atoms with van der Waals surface area (Å²) in [6.45, 7) is 1.24. The van der Waals surface area contributed by atoms with E-state index in [2.05, 4.69) is 0 Å². The predicted molar refractivity (Wildman–Crippen MR) is 52.1 cm³/mol. The molecule has 0 heterocycles. The van der Waals surface area contributed by atoms with Gasteiger partial charge < -0.3 is 0 Å². The predicted octanol–water partition coefficient (Wildman–Crippen LogP) is 1.79. The molecule has 1 rings (SSSR count). The van der Waals surface area contributed by atoms with Crippen LogP contribution >= 0.6 is 0 Å². The number of Topliss-reactive ketones (excluding diaryl/α,β-unsaturated/α-hetero) is 1. The van der Waals surface area contributed by atoms with Crippen molar-refractivity contribution in [3.8, 4) is 6.07 Å². The van der Waals surface area contributed by atoms with E-state index < -0.39 is 16.6 Å². The molecule has 1 atom stereocenters. The van der Waals surface area contributed by atoms with Gasteiger partial charge >= 0.3 is 0 Å². The Hall–Kier alpha value is -2.22. The molecule has 76 valence electrons. The van der Waals surface area contributed by atoms with E-state index in [1.807, 2.05) is 0 Å². The van der Waals surface area contributed by atoms with E-state index in [4.69, 9.17) is 5.26 Å². The molecule has 0 spiro atoms. The van der Waals surface area contributed by atoms with E-state index >= 15 is 0 Å². The fourth-order valence-corrected chi connectivity index (χ4v) is 1.28. The summed E-state index contributed by atoms with van der Waals surface area (Å²) in [6.07, 6.45) is 0. The fourth-order valence-electron chi connectivity index (χ4n) is 1.28. The molecule has 1 aromatic rings. The Morgan fingerprint density at radius 2 is 2.13 bits per heavy atom. The van der Waals surface area contributed by atoms with Crippen molar-refractivity contribution in [1.29, 1.82) is 5.26 Å². The number of carbonyl (C=O) groups excluding carboxylic acids is 1. The fraction of sp³-hybridized carbons (Fsp3) is 0.200. The van der Waals surface area contributed by atoms with Crippen LogP contribution in [0.5, 0.6) is 0 Å². The molecule has 0 aromatic heterocycles. The van der Waals surface area contributed by atoms with E-state index in [9.17, 15) is 14.9 Å². The largest absolute Gasteiger partial charge is 0.298 e. The quantitative estimate of drug-likeness (QED) is 0.555. The molecule has 0 aliphatic heterocycles. The van der Waals surface area contributed by atoms with Crippen molar-refractivity contribution in [2.24, 2.45) is 0 Å². The van der Waals surface area contributed by atoms with Gasteiger partial charge in [0, 0.05) is 6.07 Å². The number of nitrogens with zero attached hydrogens (tertiary/aromatic N) is 2. The summed E-state index contributed by atoms with van der Waals surface area (Å²) in [4.78, 5) is 21.2. The number of ketones is 1. The average Bonchev–Trinajstić information content (AvgIpc) is 2.18. The Balaban J connectivity index is 3.30. The first-order valence-electron chi connectivity index (χ1n) is 4.21. The lowest BCUT2D eigenvalue weighted by Gasteiger charge is -2.05. The second-order valence-corrected chi connectivity index (χ2v) is 2.99. The molecule has 0 bridgehead atoms. The van der Waals surface area contributed by atoms with Gasteiger partial charge in [0.1, 0.15) is 5.92 Å². The molecule has 0 radical (unpaired) electrons. The highest BCUT2D eigenvalue weighted by Gasteiger charge is 2.24. The van der Waals surface area contributed by atoms with Crippen LogP contribution in [0.1, 0.15) is 18.4 Å². The zero-order valence-electron chi connectivity index (χ0n) is 8.01. The van der Waals surface area contributed by atoms with E-state index in [-0.39, 0.29) is 11.3 Å². The number of rotatable bonds is 3. The van der Waals surface area contributed by atoms with E-state index in [1.165, 1.54) is 25.1 Å². The van der Waals surface area contributed by atoms with Crippen LogP contribution < -0.4 is 0 Å². The minimum Gasteiger partial charge on any atom is -0.298 e. The third-order valence-corrected chi connectivity index (χ3v) is 1.98. The smallest absolute Gasteiger partial charge is 0.274 e. The summed E-state index contributed by atoms with van der Waals surface area (Å²) in [7, 11) is 0. The van der Waals surface area contributed by atoms with Gasteiger partial charge in [-0.1, -0.05) is 18.2 Å². The number of para-hydroxylation sites is 1. The Morgan fingerprint density at radius 3 is 2.60 bits per heavy atom. The molecule has 0 amide bonds. The lowest BCUT2D eigenvalue weighted by molar-refractivity contribution is -0.385. The molecule has 5 heteroatoms. The van der Waals surface area contributed by atoms with E-state index in [0.29, 0.717) is 0 Å². The monoisotopic (exact) mass is 204 g/mol. The van der Waals surface area contributed by atoms with Gasteiger partial charge in [-0.3, -0.25) is 14.9 Å². The molecule has 1 aromatic carbocycles. The average molecular weight is 204 g/mol. The molecule has 0 aliphatic carbocycles. The van der Waals surface area contributed by atoms with Crippen molar-refractivity contribution in [1.82, 2.24) is 0 Å². The SMILES string of the molecule is CC(=O)[C@@H](C#N)c1ccccc1[N+](=O)[O-]. The first-order chi connectivity index (χ1) is 7.07. The van der Waals surface area contributed by atoms with E-state index in [1.54, 1.807) is 12.1 Å². The normalized spacial score (nSPS) is 11.5. The first kappa shape index (κ1) is 10.9. The molecule has 0 saturated heterocycles. The van der Waals surface area contributed by atoms with Gasteiger partial charge in [-0.25, -0.2) is 0 Å². The van der Waals surface area contributed by atoms with Crippen molar-refractivity contribution in [2.75, 3.05) is 0 Å². The number of nitro groups is 1. The minimum absolute atomic E-state index is 0.150. The molecular weight excluding hydrogens is 196 g/mol. The van der Waals surface area contributed by atoms with Crippen LogP contribution in [0.3, 0.4) is 0 Å². The minimum atomic E-state index is -1.06. The molecule has 0 saturated carbocycles. The molecule has 0 fully saturated rings. The van der Waals surface area contributed by atoms with Gasteiger partial charge in [-0.05, 0) is 6.92 Å². The van der Waals surface area contributed by atoms with Crippen LogP contribution in [0, 0.1) is 21.4 Å². The zero-order chi connectivity index (χ0) is 11.4. The van der Waals surface area contributed by atoms with Crippen LogP contribution in [0.15, 0.2) is 24.3 Å². The van der Waals surface area contributed by atoms with Gasteiger partial charge in [-0.15, -0.1) is 0 Å². The van der Waals surface area contributed by atoms with Crippen molar-refractivity contribution >= 4 is 11.5 Å². The Kier molecular flexibility index (Phi) is 3.13. The molecule has 0 unspecified atom stereocenters. The zero-order valence-corrected chi connectivity index (χ0v) is 8.01. The topological polar surface area (TPSA) is 84.0 Å². The van der Waals surface area contributed by atoms with E-state index in [0.717, 1.165) is 0 Å². The first-order valence-corrected chi connectivity index (χ1v) is 4.21. The Labute approximate surface area is 86.1 Å². The molecule has 15 heavy (non-hydrogen) atoms. The number of hydrogen-bond acceptors (Lipinski definition) is 4. The van der Waals surface area contributed by atoms with Gasteiger partial charge in [0.25, 0.3) is 5.69 Å². The summed E-state index contributed by atoms with van der Waals surface area (Å²) in [6, 6.07) is 7.52. The van der Waals surface area contributed by atoms with Crippen LogP contribution in [0.25, 0.3) is 0 Å². The summed E-state index contributed by atoms with van der Waals surface area (Å²) < 4.78 is 0. The number of hydrogen-bond donors (Lipinski definition) is 0. The summed E-state index contributed by atoms with van der Waals surface area (Å²) >= 11 is 0. The third kappa shape index (κ3) is 2.17. The van der Waals surface area contributed by atoms with Gasteiger partial charge in [0.05, 0.1) is 16.6 Å². The maximum absolute atomic E-state index is 11.1. The summed E-state index contributed by atoms with van der Waals surface area (Å²) in [5, 5.41) is 19.4. The van der Waals surface area contributed by atoms with Crippen LogP contribution in [-0.2, 0) is 4.79 Å². The number of nitriles is 1. The standard InChI is InChI=1S/C10H8N2O3/c1-7(13)9(6-11)8-4-2-3-5-10(8)12(14)15/h2-5,9H,1H3/t9-/m1/s1. The second-order valence-electron chi connectivity index (χ2n) is 2.99. The van der Waals surface area contributed by atoms with Gasteiger partial charge in [0.2, 0.25) is 0 Å². The van der Waals surface area contributed by atoms with Crippen LogP contribution in [0.2, 0.25) is 0 Å². The van der Waals surface area contributed by atoms with Crippen molar-refractivity contribution in [3.63, 3.8) is 0 Å². The highest BCUT2D eigenvalue weighted by atomic mass is 16.6. The van der Waals surface area contributed by atoms with Crippen LogP contribution in [-0.4, -0.2) is 10.7 Å². The Morgan fingerprint density at radius 1 is 1.53 bits per heavy atom. The Bertz CT molecular complexity index is 448. The van der Waals surface area contributed by atoms with Crippen molar-refractivity contribution in [3.05, 3.63) is 39.9 Å². The molecule has 0 aliphatic rings. The van der Waals surface area contributed by atoms with Gasteiger partial charge in [0.15, 0.2) is 5.78 Å². The lowest BCUT2D eigenvalue weighted by atomic mass is 9.95. The molecule has 0 N–H and O–H groups in total.